The first-order chi connectivity index (χ1) is 8.65. The first kappa shape index (κ1) is 13.1. The minimum atomic E-state index is -0.267. The first-order valence-electron chi connectivity index (χ1n) is 6.34. The smallest absolute Gasteiger partial charge is 0.246 e. The highest BCUT2D eigenvalue weighted by Gasteiger charge is 2.31. The van der Waals surface area contributed by atoms with E-state index in [1.165, 1.54) is 5.56 Å². The van der Waals surface area contributed by atoms with E-state index in [9.17, 15) is 4.79 Å². The first-order valence-corrected chi connectivity index (χ1v) is 6.34. The molecule has 1 aliphatic rings. The number of fused-ring (bicyclic) bond motifs is 1. The van der Waals surface area contributed by atoms with Crippen molar-refractivity contribution in [1.29, 1.82) is 0 Å². The fourth-order valence-electron chi connectivity index (χ4n) is 2.28. The van der Waals surface area contributed by atoms with Crippen molar-refractivity contribution < 1.29 is 9.53 Å². The van der Waals surface area contributed by atoms with Crippen molar-refractivity contribution in [1.82, 2.24) is 5.32 Å². The molecule has 18 heavy (non-hydrogen) atoms. The van der Waals surface area contributed by atoms with E-state index < -0.39 is 0 Å². The van der Waals surface area contributed by atoms with Crippen molar-refractivity contribution >= 4 is 11.6 Å². The average Bonchev–Trinajstić information content (AvgIpc) is 2.65. The van der Waals surface area contributed by atoms with Gasteiger partial charge in [0.1, 0.15) is 6.04 Å². The standard InChI is InChI=1S/C14H20N2O2/c1-4-10-5-6-12-11(7-10)13(14(17)16-12)15-9(2)8-18-3/h5-7,9,13,15H,4,8H2,1-3H3,(H,16,17). The van der Waals surface area contributed by atoms with Gasteiger partial charge in [-0.25, -0.2) is 0 Å². The lowest BCUT2D eigenvalue weighted by Gasteiger charge is -2.18. The lowest BCUT2D eigenvalue weighted by Crippen LogP contribution is -2.37. The van der Waals surface area contributed by atoms with Gasteiger partial charge in [-0.05, 0) is 25.0 Å². The number of hydrogen-bond donors (Lipinski definition) is 2. The molecule has 2 atom stereocenters. The molecule has 2 unspecified atom stereocenters. The van der Waals surface area contributed by atoms with Gasteiger partial charge in [-0.2, -0.15) is 0 Å². The number of hydrogen-bond acceptors (Lipinski definition) is 3. The molecule has 2 rings (SSSR count). The maximum atomic E-state index is 12.0. The normalized spacial score (nSPS) is 19.5. The van der Waals surface area contributed by atoms with Crippen molar-refractivity contribution in [3.8, 4) is 0 Å². The van der Waals surface area contributed by atoms with Gasteiger partial charge >= 0.3 is 0 Å². The van der Waals surface area contributed by atoms with Crippen LogP contribution in [0.2, 0.25) is 0 Å². The second-order valence-corrected chi connectivity index (χ2v) is 4.72. The fraction of sp³-hybridized carbons (Fsp3) is 0.500. The summed E-state index contributed by atoms with van der Waals surface area (Å²) in [5, 5.41) is 6.20. The number of benzene rings is 1. The Balaban J connectivity index is 2.20. The molecular formula is C14H20N2O2. The van der Waals surface area contributed by atoms with E-state index in [0.717, 1.165) is 17.7 Å². The Morgan fingerprint density at radius 1 is 1.50 bits per heavy atom. The fourth-order valence-corrected chi connectivity index (χ4v) is 2.28. The predicted molar refractivity (Wildman–Crippen MR) is 71.7 cm³/mol. The summed E-state index contributed by atoms with van der Waals surface area (Å²) in [7, 11) is 1.66. The molecule has 1 aromatic rings. The zero-order valence-electron chi connectivity index (χ0n) is 11.1. The number of aryl methyl sites for hydroxylation is 1. The van der Waals surface area contributed by atoms with E-state index in [2.05, 4.69) is 29.7 Å². The molecule has 0 aliphatic carbocycles. The average molecular weight is 248 g/mol. The molecule has 98 valence electrons. The van der Waals surface area contributed by atoms with Crippen LogP contribution in [0.3, 0.4) is 0 Å². The zero-order valence-corrected chi connectivity index (χ0v) is 11.1. The van der Waals surface area contributed by atoms with E-state index in [-0.39, 0.29) is 18.0 Å². The Labute approximate surface area is 108 Å². The van der Waals surface area contributed by atoms with Crippen LogP contribution in [-0.2, 0) is 16.0 Å². The quantitative estimate of drug-likeness (QED) is 0.836. The van der Waals surface area contributed by atoms with Gasteiger partial charge in [0.05, 0.1) is 6.61 Å². The molecule has 0 aromatic heterocycles. The molecule has 1 amide bonds. The van der Waals surface area contributed by atoms with Crippen LogP contribution in [-0.4, -0.2) is 25.7 Å². The monoisotopic (exact) mass is 248 g/mol. The molecule has 0 saturated heterocycles. The van der Waals surface area contributed by atoms with Crippen LogP contribution in [0.5, 0.6) is 0 Å². The van der Waals surface area contributed by atoms with Crippen LogP contribution in [0.25, 0.3) is 0 Å². The number of rotatable bonds is 5. The molecule has 0 bridgehead atoms. The Hall–Kier alpha value is -1.39. The third-order valence-corrected chi connectivity index (χ3v) is 3.22. The second-order valence-electron chi connectivity index (χ2n) is 4.72. The minimum absolute atomic E-state index is 0.0150. The van der Waals surface area contributed by atoms with E-state index in [1.807, 2.05) is 13.0 Å². The van der Waals surface area contributed by atoms with E-state index >= 15 is 0 Å². The van der Waals surface area contributed by atoms with E-state index in [0.29, 0.717) is 6.61 Å². The maximum absolute atomic E-state index is 12.0. The lowest BCUT2D eigenvalue weighted by atomic mass is 10.0. The van der Waals surface area contributed by atoms with Crippen LogP contribution in [0.1, 0.15) is 31.0 Å². The topological polar surface area (TPSA) is 50.4 Å². The molecule has 0 radical (unpaired) electrons. The largest absolute Gasteiger partial charge is 0.383 e. The molecule has 1 heterocycles. The Bertz CT molecular complexity index is 445. The summed E-state index contributed by atoms with van der Waals surface area (Å²) in [6.45, 7) is 4.72. The maximum Gasteiger partial charge on any atom is 0.246 e. The number of anilines is 1. The number of carbonyl (C=O) groups is 1. The van der Waals surface area contributed by atoms with Gasteiger partial charge in [0, 0.05) is 24.4 Å². The lowest BCUT2D eigenvalue weighted by molar-refractivity contribution is -0.117. The van der Waals surface area contributed by atoms with Crippen LogP contribution < -0.4 is 10.6 Å². The number of methoxy groups -OCH3 is 1. The minimum Gasteiger partial charge on any atom is -0.383 e. The highest BCUT2D eigenvalue weighted by molar-refractivity contribution is 6.02. The van der Waals surface area contributed by atoms with Crippen LogP contribution in [0.4, 0.5) is 5.69 Å². The predicted octanol–water partition coefficient (Wildman–Crippen LogP) is 1.87. The van der Waals surface area contributed by atoms with Gasteiger partial charge in [-0.1, -0.05) is 19.1 Å². The molecule has 1 aliphatic heterocycles. The molecular weight excluding hydrogens is 228 g/mol. The zero-order chi connectivity index (χ0) is 13.1. The molecule has 4 heteroatoms. The summed E-state index contributed by atoms with van der Waals surface area (Å²) < 4.78 is 5.09. The number of carbonyl (C=O) groups excluding carboxylic acids is 1. The summed E-state index contributed by atoms with van der Waals surface area (Å²) >= 11 is 0. The van der Waals surface area contributed by atoms with Crippen LogP contribution in [0, 0.1) is 0 Å². The van der Waals surface area contributed by atoms with Gasteiger partial charge in [0.25, 0.3) is 0 Å². The molecule has 0 saturated carbocycles. The van der Waals surface area contributed by atoms with Crippen LogP contribution >= 0.6 is 0 Å². The van der Waals surface area contributed by atoms with Gasteiger partial charge in [0.2, 0.25) is 5.91 Å². The van der Waals surface area contributed by atoms with E-state index in [1.54, 1.807) is 7.11 Å². The van der Waals surface area contributed by atoms with Gasteiger partial charge in [0.15, 0.2) is 0 Å². The number of amides is 1. The summed E-state index contributed by atoms with van der Waals surface area (Å²) in [4.78, 5) is 12.0. The Morgan fingerprint density at radius 2 is 2.28 bits per heavy atom. The van der Waals surface area contributed by atoms with Crippen molar-refractivity contribution in [2.75, 3.05) is 19.0 Å². The van der Waals surface area contributed by atoms with E-state index in [4.69, 9.17) is 4.74 Å². The molecule has 0 spiro atoms. The summed E-state index contributed by atoms with van der Waals surface area (Å²) in [5.74, 6) is 0.0150. The summed E-state index contributed by atoms with van der Waals surface area (Å²) in [6, 6.07) is 6.01. The molecule has 1 aromatic carbocycles. The molecule has 4 nitrogen and oxygen atoms in total. The summed E-state index contributed by atoms with van der Waals surface area (Å²) in [6.07, 6.45) is 0.974. The third kappa shape index (κ3) is 2.54. The van der Waals surface area contributed by atoms with Gasteiger partial charge < -0.3 is 10.1 Å². The van der Waals surface area contributed by atoms with Crippen molar-refractivity contribution in [3.05, 3.63) is 29.3 Å². The SMILES string of the molecule is CCc1ccc2c(c1)C(NC(C)COC)C(=O)N2. The Morgan fingerprint density at radius 3 is 2.94 bits per heavy atom. The number of ether oxygens (including phenoxy) is 1. The van der Waals surface area contributed by atoms with Crippen LogP contribution in [0.15, 0.2) is 18.2 Å². The highest BCUT2D eigenvalue weighted by Crippen LogP contribution is 2.31. The van der Waals surface area contributed by atoms with Crippen molar-refractivity contribution in [2.45, 2.75) is 32.4 Å². The molecule has 0 fully saturated rings. The summed E-state index contributed by atoms with van der Waals surface area (Å²) in [5.41, 5.74) is 3.21. The Kier molecular flexibility index (Phi) is 3.99. The second kappa shape index (κ2) is 5.50. The highest BCUT2D eigenvalue weighted by atomic mass is 16.5. The van der Waals surface area contributed by atoms with Gasteiger partial charge in [-0.15, -0.1) is 0 Å². The van der Waals surface area contributed by atoms with Gasteiger partial charge in [-0.3, -0.25) is 10.1 Å². The third-order valence-electron chi connectivity index (χ3n) is 3.22. The van der Waals surface area contributed by atoms with Crippen molar-refractivity contribution in [3.63, 3.8) is 0 Å². The molecule has 2 N–H and O–H groups in total. The van der Waals surface area contributed by atoms with Crippen molar-refractivity contribution in [2.24, 2.45) is 0 Å². The number of nitrogens with one attached hydrogen (secondary N) is 2.